The van der Waals surface area contributed by atoms with E-state index in [2.05, 4.69) is 35.9 Å². The Morgan fingerprint density at radius 3 is 2.64 bits per heavy atom. The molecule has 0 saturated carbocycles. The van der Waals surface area contributed by atoms with Crippen LogP contribution in [0.5, 0.6) is 0 Å². The second kappa shape index (κ2) is 6.98. The molecule has 0 aliphatic heterocycles. The van der Waals surface area contributed by atoms with Gasteiger partial charge in [0.25, 0.3) is 0 Å². The Bertz CT molecular complexity index is 245. The van der Waals surface area contributed by atoms with Crippen molar-refractivity contribution in [2.45, 2.75) is 26.8 Å². The maximum atomic E-state index is 3.44. The summed E-state index contributed by atoms with van der Waals surface area (Å²) in [5, 5.41) is 8.96. The van der Waals surface area contributed by atoms with Gasteiger partial charge in [-0.3, -0.25) is 0 Å². The average Bonchev–Trinajstić information content (AvgIpc) is 2.58. The Labute approximate surface area is 90.7 Å². The van der Waals surface area contributed by atoms with E-state index in [1.807, 2.05) is 11.3 Å². The SMILES string of the molecule is CCCNCCNCc1sccc1C. The smallest absolute Gasteiger partial charge is 0.0302 e. The Balaban J connectivity index is 2.02. The van der Waals surface area contributed by atoms with Crippen molar-refractivity contribution in [3.63, 3.8) is 0 Å². The largest absolute Gasteiger partial charge is 0.315 e. The quantitative estimate of drug-likeness (QED) is 0.677. The summed E-state index contributed by atoms with van der Waals surface area (Å²) in [6.45, 7) is 8.62. The first-order valence-electron chi connectivity index (χ1n) is 5.29. The lowest BCUT2D eigenvalue weighted by Crippen LogP contribution is -2.27. The minimum atomic E-state index is 1.01. The number of nitrogens with one attached hydrogen (secondary N) is 2. The van der Waals surface area contributed by atoms with Gasteiger partial charge in [0.15, 0.2) is 0 Å². The molecule has 80 valence electrons. The van der Waals surface area contributed by atoms with Crippen LogP contribution in [0.4, 0.5) is 0 Å². The van der Waals surface area contributed by atoms with E-state index in [0.717, 1.165) is 26.2 Å². The molecule has 2 N–H and O–H groups in total. The van der Waals surface area contributed by atoms with Crippen LogP contribution in [-0.2, 0) is 6.54 Å². The van der Waals surface area contributed by atoms with Gasteiger partial charge in [-0.2, -0.15) is 0 Å². The summed E-state index contributed by atoms with van der Waals surface area (Å²) in [4.78, 5) is 1.46. The van der Waals surface area contributed by atoms with Crippen molar-refractivity contribution in [3.05, 3.63) is 21.9 Å². The molecule has 14 heavy (non-hydrogen) atoms. The molecular formula is C11H20N2S. The molecular weight excluding hydrogens is 192 g/mol. The summed E-state index contributed by atoms with van der Waals surface area (Å²) in [5.74, 6) is 0. The van der Waals surface area contributed by atoms with Gasteiger partial charge in [-0.15, -0.1) is 11.3 Å². The van der Waals surface area contributed by atoms with Crippen LogP contribution in [0.15, 0.2) is 11.4 Å². The van der Waals surface area contributed by atoms with Crippen LogP contribution in [0.2, 0.25) is 0 Å². The minimum absolute atomic E-state index is 1.01. The highest BCUT2D eigenvalue weighted by molar-refractivity contribution is 7.10. The molecule has 0 amide bonds. The second-order valence-corrected chi connectivity index (χ2v) is 4.45. The van der Waals surface area contributed by atoms with Gasteiger partial charge in [-0.1, -0.05) is 6.92 Å². The van der Waals surface area contributed by atoms with Gasteiger partial charge < -0.3 is 10.6 Å². The molecule has 1 aromatic rings. The summed E-state index contributed by atoms with van der Waals surface area (Å²) in [7, 11) is 0. The molecule has 0 bridgehead atoms. The van der Waals surface area contributed by atoms with E-state index in [0.29, 0.717) is 0 Å². The Morgan fingerprint density at radius 2 is 2.00 bits per heavy atom. The van der Waals surface area contributed by atoms with Crippen LogP contribution in [0.3, 0.4) is 0 Å². The molecule has 1 aromatic heterocycles. The molecule has 0 aliphatic rings. The molecule has 0 fully saturated rings. The minimum Gasteiger partial charge on any atom is -0.315 e. The van der Waals surface area contributed by atoms with Crippen molar-refractivity contribution in [2.24, 2.45) is 0 Å². The van der Waals surface area contributed by atoms with E-state index in [-0.39, 0.29) is 0 Å². The van der Waals surface area contributed by atoms with Gasteiger partial charge in [-0.05, 0) is 36.9 Å². The summed E-state index contributed by atoms with van der Waals surface area (Å²) >= 11 is 1.83. The van der Waals surface area contributed by atoms with Crippen molar-refractivity contribution in [1.29, 1.82) is 0 Å². The van der Waals surface area contributed by atoms with E-state index < -0.39 is 0 Å². The standard InChI is InChI=1S/C11H20N2S/c1-3-5-12-6-7-13-9-11-10(2)4-8-14-11/h4,8,12-13H,3,5-7,9H2,1-2H3. The van der Waals surface area contributed by atoms with Crippen molar-refractivity contribution < 1.29 is 0 Å². The lowest BCUT2D eigenvalue weighted by atomic mass is 10.3. The molecule has 1 heterocycles. The molecule has 3 heteroatoms. The molecule has 0 saturated heterocycles. The van der Waals surface area contributed by atoms with E-state index in [4.69, 9.17) is 0 Å². The highest BCUT2D eigenvalue weighted by Crippen LogP contribution is 2.14. The van der Waals surface area contributed by atoms with E-state index >= 15 is 0 Å². The lowest BCUT2D eigenvalue weighted by Gasteiger charge is -2.05. The molecule has 0 aliphatic carbocycles. The highest BCUT2D eigenvalue weighted by Gasteiger charge is 1.97. The van der Waals surface area contributed by atoms with Crippen molar-refractivity contribution in [3.8, 4) is 0 Å². The van der Waals surface area contributed by atoms with Crippen LogP contribution in [0.25, 0.3) is 0 Å². The van der Waals surface area contributed by atoms with E-state index in [1.165, 1.54) is 16.9 Å². The van der Waals surface area contributed by atoms with Gasteiger partial charge in [0.05, 0.1) is 0 Å². The number of aryl methyl sites for hydroxylation is 1. The van der Waals surface area contributed by atoms with Gasteiger partial charge in [0, 0.05) is 24.5 Å². The predicted octanol–water partition coefficient (Wildman–Crippen LogP) is 2.15. The maximum absolute atomic E-state index is 3.44. The highest BCUT2D eigenvalue weighted by atomic mass is 32.1. The zero-order valence-corrected chi connectivity index (χ0v) is 9.91. The third-order valence-electron chi connectivity index (χ3n) is 2.16. The molecule has 0 spiro atoms. The van der Waals surface area contributed by atoms with Crippen LogP contribution in [-0.4, -0.2) is 19.6 Å². The number of hydrogen-bond donors (Lipinski definition) is 2. The molecule has 0 aromatic carbocycles. The van der Waals surface area contributed by atoms with Gasteiger partial charge in [-0.25, -0.2) is 0 Å². The van der Waals surface area contributed by atoms with Crippen molar-refractivity contribution in [2.75, 3.05) is 19.6 Å². The normalized spacial score (nSPS) is 10.7. The fraction of sp³-hybridized carbons (Fsp3) is 0.636. The first-order valence-corrected chi connectivity index (χ1v) is 6.17. The molecule has 0 unspecified atom stereocenters. The predicted molar refractivity (Wildman–Crippen MR) is 63.9 cm³/mol. The molecule has 0 atom stereocenters. The summed E-state index contributed by atoms with van der Waals surface area (Å²) < 4.78 is 0. The molecule has 2 nitrogen and oxygen atoms in total. The van der Waals surface area contributed by atoms with Gasteiger partial charge in [0.1, 0.15) is 0 Å². The summed E-state index contributed by atoms with van der Waals surface area (Å²) in [6, 6.07) is 2.18. The summed E-state index contributed by atoms with van der Waals surface area (Å²) in [5.41, 5.74) is 1.41. The van der Waals surface area contributed by atoms with Crippen LogP contribution in [0, 0.1) is 6.92 Å². The topological polar surface area (TPSA) is 24.1 Å². The van der Waals surface area contributed by atoms with Crippen LogP contribution >= 0.6 is 11.3 Å². The number of thiophene rings is 1. The van der Waals surface area contributed by atoms with Gasteiger partial charge >= 0.3 is 0 Å². The Hall–Kier alpha value is -0.380. The maximum Gasteiger partial charge on any atom is 0.0302 e. The fourth-order valence-electron chi connectivity index (χ4n) is 1.27. The first kappa shape index (κ1) is 11.7. The number of hydrogen-bond acceptors (Lipinski definition) is 3. The van der Waals surface area contributed by atoms with E-state index in [1.54, 1.807) is 0 Å². The van der Waals surface area contributed by atoms with Crippen molar-refractivity contribution >= 4 is 11.3 Å². The van der Waals surface area contributed by atoms with Crippen LogP contribution in [0.1, 0.15) is 23.8 Å². The third-order valence-corrected chi connectivity index (χ3v) is 3.18. The Kier molecular flexibility index (Phi) is 5.83. The summed E-state index contributed by atoms with van der Waals surface area (Å²) in [6.07, 6.45) is 1.21. The van der Waals surface area contributed by atoms with E-state index in [9.17, 15) is 0 Å². The first-order chi connectivity index (χ1) is 6.84. The third kappa shape index (κ3) is 4.22. The second-order valence-electron chi connectivity index (χ2n) is 3.45. The fourth-order valence-corrected chi connectivity index (χ4v) is 2.14. The number of rotatable bonds is 7. The zero-order chi connectivity index (χ0) is 10.2. The zero-order valence-electron chi connectivity index (χ0n) is 9.10. The monoisotopic (exact) mass is 212 g/mol. The van der Waals surface area contributed by atoms with Crippen LogP contribution < -0.4 is 10.6 Å². The van der Waals surface area contributed by atoms with Crippen molar-refractivity contribution in [1.82, 2.24) is 10.6 Å². The van der Waals surface area contributed by atoms with Gasteiger partial charge in [0.2, 0.25) is 0 Å². The Morgan fingerprint density at radius 1 is 1.21 bits per heavy atom. The molecule has 0 radical (unpaired) electrons. The average molecular weight is 212 g/mol. The molecule has 1 rings (SSSR count). The lowest BCUT2D eigenvalue weighted by molar-refractivity contribution is 0.608.